The Morgan fingerprint density at radius 1 is 1.25 bits per heavy atom. The predicted octanol–water partition coefficient (Wildman–Crippen LogP) is 2.21. The van der Waals surface area contributed by atoms with E-state index in [1.165, 1.54) is 0 Å². The molecule has 2 heterocycles. The summed E-state index contributed by atoms with van der Waals surface area (Å²) in [6, 6.07) is 7.24. The molecule has 1 aromatic carbocycles. The lowest BCUT2D eigenvalue weighted by Gasteiger charge is -1.94. The number of aromatic nitrogens is 4. The molecule has 0 saturated heterocycles. The fraction of sp³-hybridized carbons (Fsp3) is 0.154. The molecule has 0 spiro atoms. The van der Waals surface area contributed by atoms with Crippen LogP contribution in [0.5, 0.6) is 0 Å². The number of imidazole rings is 1. The Morgan fingerprint density at radius 2 is 2.05 bits per heavy atom. The Hall–Kier alpha value is -2.18. The van der Waals surface area contributed by atoms with Gasteiger partial charge in [-0.3, -0.25) is 0 Å². The van der Waals surface area contributed by atoms with Gasteiger partial charge in [0.1, 0.15) is 5.69 Å². The van der Waals surface area contributed by atoms with Gasteiger partial charge < -0.3 is 14.8 Å². The lowest BCUT2D eigenvalue weighted by molar-refractivity contribution is 0.431. The van der Waals surface area contributed by atoms with Crippen LogP contribution in [0.15, 0.2) is 41.3 Å². The van der Waals surface area contributed by atoms with E-state index in [-0.39, 0.29) is 0 Å². The molecule has 0 unspecified atom stereocenters. The van der Waals surface area contributed by atoms with Crippen LogP contribution >= 0.6 is 11.6 Å². The lowest BCUT2D eigenvalue weighted by Crippen LogP contribution is -2.07. The molecule has 2 aromatic heterocycles. The molecule has 0 aliphatic heterocycles. The number of halogens is 1. The van der Waals surface area contributed by atoms with Crippen LogP contribution in [-0.2, 0) is 6.54 Å². The summed E-state index contributed by atoms with van der Waals surface area (Å²) in [4.78, 5) is 8.54. The maximum absolute atomic E-state index is 5.85. The van der Waals surface area contributed by atoms with Gasteiger partial charge in [0, 0.05) is 29.9 Å². The first kappa shape index (κ1) is 12.8. The highest BCUT2D eigenvalue weighted by Crippen LogP contribution is 2.22. The van der Waals surface area contributed by atoms with Gasteiger partial charge in [-0.2, -0.15) is 4.98 Å². The third-order valence-corrected chi connectivity index (χ3v) is 3.02. The van der Waals surface area contributed by atoms with Crippen LogP contribution in [0, 0.1) is 0 Å². The summed E-state index contributed by atoms with van der Waals surface area (Å²) in [7, 11) is 0. The highest BCUT2D eigenvalue weighted by molar-refractivity contribution is 6.30. The van der Waals surface area contributed by atoms with E-state index in [1.807, 2.05) is 22.9 Å². The first-order valence-electron chi connectivity index (χ1n) is 6.08. The topological polar surface area (TPSA) is 82.8 Å². The van der Waals surface area contributed by atoms with E-state index in [1.54, 1.807) is 18.5 Å². The number of nitrogens with two attached hydrogens (primary N) is 1. The Labute approximate surface area is 120 Å². The van der Waals surface area contributed by atoms with Gasteiger partial charge in [-0.15, -0.1) is 0 Å². The van der Waals surface area contributed by atoms with Crippen LogP contribution in [0.3, 0.4) is 0 Å². The molecule has 2 N–H and O–H groups in total. The maximum atomic E-state index is 5.85. The van der Waals surface area contributed by atoms with Crippen molar-refractivity contribution in [3.05, 3.63) is 41.8 Å². The molecule has 0 aliphatic rings. The molecule has 6 nitrogen and oxygen atoms in total. The van der Waals surface area contributed by atoms with Gasteiger partial charge in [0.15, 0.2) is 0 Å². The normalized spacial score (nSPS) is 10.9. The molecule has 0 amide bonds. The molecule has 0 atom stereocenters. The second kappa shape index (κ2) is 5.44. The number of hydrogen-bond donors (Lipinski definition) is 1. The summed E-state index contributed by atoms with van der Waals surface area (Å²) < 4.78 is 7.10. The zero-order valence-corrected chi connectivity index (χ0v) is 11.3. The summed E-state index contributed by atoms with van der Waals surface area (Å²) in [6.45, 7) is 1.25. The van der Waals surface area contributed by atoms with E-state index < -0.39 is 0 Å². The Kier molecular flexibility index (Phi) is 3.49. The first-order valence-corrected chi connectivity index (χ1v) is 6.46. The number of hydrogen-bond acceptors (Lipinski definition) is 5. The minimum atomic E-state index is 0.380. The molecular weight excluding hydrogens is 278 g/mol. The van der Waals surface area contributed by atoms with Crippen molar-refractivity contribution in [2.24, 2.45) is 5.73 Å². The van der Waals surface area contributed by atoms with E-state index in [2.05, 4.69) is 15.1 Å². The van der Waals surface area contributed by atoms with Gasteiger partial charge >= 0.3 is 0 Å². The predicted molar refractivity (Wildman–Crippen MR) is 75.0 cm³/mol. The highest BCUT2D eigenvalue weighted by Gasteiger charge is 2.12. The summed E-state index contributed by atoms with van der Waals surface area (Å²) in [5.41, 5.74) is 6.96. The van der Waals surface area contributed by atoms with Gasteiger partial charge in [-0.25, -0.2) is 4.98 Å². The minimum Gasteiger partial charge on any atom is -0.335 e. The minimum absolute atomic E-state index is 0.380. The van der Waals surface area contributed by atoms with Crippen LogP contribution in [0.4, 0.5) is 0 Å². The molecule has 0 saturated carbocycles. The molecule has 3 rings (SSSR count). The summed E-state index contributed by atoms with van der Waals surface area (Å²) >= 11 is 5.85. The van der Waals surface area contributed by atoms with Crippen molar-refractivity contribution in [1.82, 2.24) is 19.7 Å². The second-order valence-corrected chi connectivity index (χ2v) is 4.65. The summed E-state index contributed by atoms with van der Waals surface area (Å²) in [5.74, 6) is 0.885. The van der Waals surface area contributed by atoms with Gasteiger partial charge in [0.25, 0.3) is 5.89 Å². The molecule has 0 radical (unpaired) electrons. The maximum Gasteiger partial charge on any atom is 0.278 e. The van der Waals surface area contributed by atoms with Gasteiger partial charge in [-0.1, -0.05) is 16.8 Å². The van der Waals surface area contributed by atoms with Crippen molar-refractivity contribution < 1.29 is 4.52 Å². The SMILES string of the molecule is NCCn1cnc(-c2nc(-c3ccc(Cl)cc3)no2)c1. The highest BCUT2D eigenvalue weighted by atomic mass is 35.5. The Morgan fingerprint density at radius 3 is 2.80 bits per heavy atom. The molecule has 0 aliphatic carbocycles. The van der Waals surface area contributed by atoms with Crippen LogP contribution in [-0.4, -0.2) is 26.2 Å². The monoisotopic (exact) mass is 289 g/mol. The first-order chi connectivity index (χ1) is 9.76. The Bertz CT molecular complexity index is 704. The van der Waals surface area contributed by atoms with Crippen molar-refractivity contribution in [2.45, 2.75) is 6.54 Å². The van der Waals surface area contributed by atoms with Crippen molar-refractivity contribution in [2.75, 3.05) is 6.54 Å². The number of benzene rings is 1. The fourth-order valence-corrected chi connectivity index (χ4v) is 1.91. The van der Waals surface area contributed by atoms with E-state index >= 15 is 0 Å². The van der Waals surface area contributed by atoms with E-state index in [0.29, 0.717) is 35.5 Å². The standard InChI is InChI=1S/C13H12ClN5O/c14-10-3-1-9(2-4-10)12-17-13(20-18-12)11-7-19(6-5-15)8-16-11/h1-4,7-8H,5-6,15H2. The summed E-state index contributed by atoms with van der Waals surface area (Å²) in [6.07, 6.45) is 3.51. The van der Waals surface area contributed by atoms with Gasteiger partial charge in [-0.05, 0) is 24.3 Å². The molecule has 3 aromatic rings. The van der Waals surface area contributed by atoms with E-state index in [9.17, 15) is 0 Å². The quantitative estimate of drug-likeness (QED) is 0.796. The average Bonchev–Trinajstić information content (AvgIpc) is 3.08. The molecule has 7 heteroatoms. The second-order valence-electron chi connectivity index (χ2n) is 4.22. The van der Waals surface area contributed by atoms with E-state index in [4.69, 9.17) is 21.9 Å². The third-order valence-electron chi connectivity index (χ3n) is 2.77. The zero-order chi connectivity index (χ0) is 13.9. The van der Waals surface area contributed by atoms with Crippen LogP contribution in [0.2, 0.25) is 5.02 Å². The van der Waals surface area contributed by atoms with Crippen molar-refractivity contribution in [1.29, 1.82) is 0 Å². The fourth-order valence-electron chi connectivity index (χ4n) is 1.79. The van der Waals surface area contributed by atoms with Crippen LogP contribution in [0.1, 0.15) is 0 Å². The lowest BCUT2D eigenvalue weighted by atomic mass is 10.2. The molecule has 0 fully saturated rings. The average molecular weight is 290 g/mol. The van der Waals surface area contributed by atoms with Crippen molar-refractivity contribution in [3.63, 3.8) is 0 Å². The molecule has 20 heavy (non-hydrogen) atoms. The van der Waals surface area contributed by atoms with Crippen molar-refractivity contribution in [3.8, 4) is 23.0 Å². The number of nitrogens with zero attached hydrogens (tertiary/aromatic N) is 4. The van der Waals surface area contributed by atoms with Gasteiger partial charge in [0.2, 0.25) is 5.82 Å². The largest absolute Gasteiger partial charge is 0.335 e. The molecule has 102 valence electrons. The van der Waals surface area contributed by atoms with E-state index in [0.717, 1.165) is 5.56 Å². The summed E-state index contributed by atoms with van der Waals surface area (Å²) in [5, 5.41) is 4.61. The Balaban J connectivity index is 1.87. The van der Waals surface area contributed by atoms with Crippen LogP contribution < -0.4 is 5.73 Å². The van der Waals surface area contributed by atoms with Gasteiger partial charge in [0.05, 0.1) is 6.33 Å². The number of rotatable bonds is 4. The molecule has 0 bridgehead atoms. The third kappa shape index (κ3) is 2.56. The van der Waals surface area contributed by atoms with Crippen LogP contribution in [0.25, 0.3) is 23.0 Å². The smallest absolute Gasteiger partial charge is 0.278 e. The molecular formula is C13H12ClN5O. The zero-order valence-electron chi connectivity index (χ0n) is 10.5. The van der Waals surface area contributed by atoms with Crippen molar-refractivity contribution >= 4 is 11.6 Å².